The van der Waals surface area contributed by atoms with Crippen LogP contribution >= 0.6 is 0 Å². The van der Waals surface area contributed by atoms with Crippen molar-refractivity contribution in [3.05, 3.63) is 12.3 Å². The molecular formula is C10H17N3O2. The van der Waals surface area contributed by atoms with Gasteiger partial charge in [0.2, 0.25) is 5.88 Å². The molecule has 5 heteroatoms. The molecule has 0 bridgehead atoms. The van der Waals surface area contributed by atoms with Crippen molar-refractivity contribution in [2.75, 3.05) is 20.3 Å². The van der Waals surface area contributed by atoms with Crippen molar-refractivity contribution in [3.63, 3.8) is 0 Å². The van der Waals surface area contributed by atoms with E-state index in [-0.39, 0.29) is 0 Å². The summed E-state index contributed by atoms with van der Waals surface area (Å²) >= 11 is 0. The topological polar surface area (TPSA) is 56.3 Å². The molecule has 0 unspecified atom stereocenters. The Morgan fingerprint density at radius 2 is 2.27 bits per heavy atom. The van der Waals surface area contributed by atoms with Crippen molar-refractivity contribution in [2.24, 2.45) is 0 Å². The lowest BCUT2D eigenvalue weighted by Gasteiger charge is -2.08. The highest BCUT2D eigenvalue weighted by molar-refractivity contribution is 5.10. The van der Waals surface area contributed by atoms with E-state index in [2.05, 4.69) is 29.1 Å². The first kappa shape index (κ1) is 11.7. The highest BCUT2D eigenvalue weighted by atomic mass is 16.5. The van der Waals surface area contributed by atoms with Gasteiger partial charge < -0.3 is 14.8 Å². The van der Waals surface area contributed by atoms with Crippen LogP contribution in [0.1, 0.15) is 13.8 Å². The molecule has 0 saturated heterocycles. The van der Waals surface area contributed by atoms with Gasteiger partial charge in [-0.15, -0.1) is 0 Å². The molecule has 0 aliphatic rings. The summed E-state index contributed by atoms with van der Waals surface area (Å²) in [6, 6.07) is 2.49. The van der Waals surface area contributed by atoms with Crippen LogP contribution in [0.5, 0.6) is 11.9 Å². The van der Waals surface area contributed by atoms with E-state index in [1.807, 2.05) is 0 Å². The molecule has 0 saturated carbocycles. The van der Waals surface area contributed by atoms with Crippen LogP contribution in [0.4, 0.5) is 0 Å². The lowest BCUT2D eigenvalue weighted by molar-refractivity contribution is 0.279. The molecule has 5 nitrogen and oxygen atoms in total. The Morgan fingerprint density at radius 3 is 2.93 bits per heavy atom. The number of methoxy groups -OCH3 is 1. The van der Waals surface area contributed by atoms with E-state index >= 15 is 0 Å². The fourth-order valence-corrected chi connectivity index (χ4v) is 0.998. The van der Waals surface area contributed by atoms with Gasteiger partial charge in [0, 0.05) is 24.8 Å². The van der Waals surface area contributed by atoms with Crippen molar-refractivity contribution in [1.82, 2.24) is 15.3 Å². The van der Waals surface area contributed by atoms with Gasteiger partial charge in [0.1, 0.15) is 6.61 Å². The lowest BCUT2D eigenvalue weighted by atomic mass is 10.4. The number of nitrogens with one attached hydrogen (secondary N) is 1. The normalized spacial score (nSPS) is 10.4. The largest absolute Gasteiger partial charge is 0.481 e. The Morgan fingerprint density at radius 1 is 1.47 bits per heavy atom. The second-order valence-corrected chi connectivity index (χ2v) is 3.34. The van der Waals surface area contributed by atoms with Gasteiger partial charge in [-0.2, -0.15) is 4.98 Å². The van der Waals surface area contributed by atoms with Crippen LogP contribution < -0.4 is 14.8 Å². The Kier molecular flexibility index (Phi) is 4.83. The molecule has 1 aromatic heterocycles. The fourth-order valence-electron chi connectivity index (χ4n) is 0.998. The standard InChI is InChI=1S/C10H17N3O2/c1-8(2)11-6-7-15-10-12-5-4-9(13-10)14-3/h4-5,8,11H,6-7H2,1-3H3. The van der Waals surface area contributed by atoms with E-state index < -0.39 is 0 Å². The Balaban J connectivity index is 2.30. The van der Waals surface area contributed by atoms with E-state index in [0.29, 0.717) is 24.5 Å². The monoisotopic (exact) mass is 211 g/mol. The maximum Gasteiger partial charge on any atom is 0.319 e. The van der Waals surface area contributed by atoms with Crippen LogP contribution in [0.15, 0.2) is 12.3 Å². The van der Waals surface area contributed by atoms with Crippen LogP contribution in [0.3, 0.4) is 0 Å². The highest BCUT2D eigenvalue weighted by Gasteiger charge is 1.99. The molecule has 0 atom stereocenters. The molecule has 0 spiro atoms. The van der Waals surface area contributed by atoms with Crippen LogP contribution in [-0.2, 0) is 0 Å². The summed E-state index contributed by atoms with van der Waals surface area (Å²) in [5, 5.41) is 3.23. The summed E-state index contributed by atoms with van der Waals surface area (Å²) in [5.74, 6) is 0.511. The van der Waals surface area contributed by atoms with E-state index in [0.717, 1.165) is 6.54 Å². The molecule has 0 radical (unpaired) electrons. The second kappa shape index (κ2) is 6.19. The average Bonchev–Trinajstić information content (AvgIpc) is 2.24. The molecule has 0 aliphatic heterocycles. The summed E-state index contributed by atoms with van der Waals surface area (Å²) in [7, 11) is 1.56. The molecule has 0 amide bonds. The summed E-state index contributed by atoms with van der Waals surface area (Å²) in [6.07, 6.45) is 1.61. The van der Waals surface area contributed by atoms with Crippen LogP contribution in [0.2, 0.25) is 0 Å². The van der Waals surface area contributed by atoms with Gasteiger partial charge in [0.25, 0.3) is 0 Å². The SMILES string of the molecule is COc1ccnc(OCCNC(C)C)n1. The molecule has 1 rings (SSSR count). The Labute approximate surface area is 89.8 Å². The molecule has 0 aliphatic carbocycles. The molecule has 84 valence electrons. The second-order valence-electron chi connectivity index (χ2n) is 3.34. The molecular weight excluding hydrogens is 194 g/mol. The third-order valence-corrected chi connectivity index (χ3v) is 1.70. The van der Waals surface area contributed by atoms with Gasteiger partial charge in [0.15, 0.2) is 0 Å². The maximum absolute atomic E-state index is 5.33. The minimum absolute atomic E-state index is 0.347. The summed E-state index contributed by atoms with van der Waals surface area (Å²) < 4.78 is 10.3. The van der Waals surface area contributed by atoms with E-state index in [1.165, 1.54) is 0 Å². The number of hydrogen-bond donors (Lipinski definition) is 1. The Bertz CT molecular complexity index is 292. The van der Waals surface area contributed by atoms with Crippen LogP contribution in [0, 0.1) is 0 Å². The maximum atomic E-state index is 5.33. The minimum Gasteiger partial charge on any atom is -0.481 e. The van der Waals surface area contributed by atoms with Crippen molar-refractivity contribution in [2.45, 2.75) is 19.9 Å². The number of ether oxygens (including phenoxy) is 2. The van der Waals surface area contributed by atoms with E-state index in [4.69, 9.17) is 9.47 Å². The minimum atomic E-state index is 0.347. The smallest absolute Gasteiger partial charge is 0.319 e. The predicted molar refractivity (Wildman–Crippen MR) is 57.2 cm³/mol. The summed E-state index contributed by atoms with van der Waals surface area (Å²) in [6.45, 7) is 5.49. The number of rotatable bonds is 6. The molecule has 15 heavy (non-hydrogen) atoms. The summed E-state index contributed by atoms with van der Waals surface area (Å²) in [4.78, 5) is 7.99. The van der Waals surface area contributed by atoms with Crippen molar-refractivity contribution < 1.29 is 9.47 Å². The third kappa shape index (κ3) is 4.60. The number of nitrogens with zero attached hydrogens (tertiary/aromatic N) is 2. The summed E-state index contributed by atoms with van der Waals surface area (Å²) in [5.41, 5.74) is 0. The lowest BCUT2D eigenvalue weighted by Crippen LogP contribution is -2.27. The predicted octanol–water partition coefficient (Wildman–Crippen LogP) is 0.862. The number of hydrogen-bond acceptors (Lipinski definition) is 5. The highest BCUT2D eigenvalue weighted by Crippen LogP contribution is 2.08. The zero-order valence-electron chi connectivity index (χ0n) is 9.36. The van der Waals surface area contributed by atoms with Crippen molar-refractivity contribution in [1.29, 1.82) is 0 Å². The van der Waals surface area contributed by atoms with Crippen LogP contribution in [0.25, 0.3) is 0 Å². The van der Waals surface area contributed by atoms with Gasteiger partial charge in [-0.3, -0.25) is 0 Å². The first-order valence-electron chi connectivity index (χ1n) is 4.95. The molecule has 0 aromatic carbocycles. The van der Waals surface area contributed by atoms with E-state index in [1.54, 1.807) is 19.4 Å². The molecule has 1 heterocycles. The van der Waals surface area contributed by atoms with Gasteiger partial charge in [0.05, 0.1) is 7.11 Å². The molecule has 1 aromatic rings. The van der Waals surface area contributed by atoms with Gasteiger partial charge >= 0.3 is 6.01 Å². The quantitative estimate of drug-likeness (QED) is 0.707. The van der Waals surface area contributed by atoms with Gasteiger partial charge in [-0.05, 0) is 0 Å². The van der Waals surface area contributed by atoms with Crippen molar-refractivity contribution in [3.8, 4) is 11.9 Å². The molecule has 0 fully saturated rings. The first-order valence-corrected chi connectivity index (χ1v) is 4.95. The molecule has 1 N–H and O–H groups in total. The van der Waals surface area contributed by atoms with Crippen molar-refractivity contribution >= 4 is 0 Å². The van der Waals surface area contributed by atoms with E-state index in [9.17, 15) is 0 Å². The average molecular weight is 211 g/mol. The van der Waals surface area contributed by atoms with Crippen LogP contribution in [-0.4, -0.2) is 36.3 Å². The van der Waals surface area contributed by atoms with Gasteiger partial charge in [-0.1, -0.05) is 13.8 Å². The Hall–Kier alpha value is -1.36. The third-order valence-electron chi connectivity index (χ3n) is 1.70. The number of aromatic nitrogens is 2. The zero-order valence-corrected chi connectivity index (χ0v) is 9.36. The van der Waals surface area contributed by atoms with Gasteiger partial charge in [-0.25, -0.2) is 4.98 Å². The zero-order chi connectivity index (χ0) is 11.1. The fraction of sp³-hybridized carbons (Fsp3) is 0.600. The first-order chi connectivity index (χ1) is 7.22.